The van der Waals surface area contributed by atoms with Crippen LogP contribution in [0.15, 0.2) is 36.5 Å². The SMILES string of the molecule is CN(Cc1ccnc(-c2ccc3c(c2)CN(C2CCC(=O)NC2=O)C3=O)c1)CC1CCCCC1. The van der Waals surface area contributed by atoms with Gasteiger partial charge in [0.25, 0.3) is 5.91 Å². The Labute approximate surface area is 200 Å². The number of hydrogen-bond acceptors (Lipinski definition) is 5. The minimum absolute atomic E-state index is 0.151. The molecule has 1 saturated carbocycles. The fraction of sp³-hybridized carbons (Fsp3) is 0.481. The van der Waals surface area contributed by atoms with Crippen molar-refractivity contribution >= 4 is 17.7 Å². The average molecular weight is 461 g/mol. The van der Waals surface area contributed by atoms with Crippen LogP contribution in [0.3, 0.4) is 0 Å². The third-order valence-corrected chi connectivity index (χ3v) is 7.39. The highest BCUT2D eigenvalue weighted by Gasteiger charge is 2.39. The smallest absolute Gasteiger partial charge is 0.255 e. The maximum absolute atomic E-state index is 12.9. The Balaban J connectivity index is 1.28. The first-order valence-corrected chi connectivity index (χ1v) is 12.4. The predicted molar refractivity (Wildman–Crippen MR) is 129 cm³/mol. The van der Waals surface area contributed by atoms with Crippen LogP contribution in [0.1, 0.15) is 66.4 Å². The third-order valence-electron chi connectivity index (χ3n) is 7.39. The summed E-state index contributed by atoms with van der Waals surface area (Å²) in [6.45, 7) is 2.39. The molecule has 2 aliphatic heterocycles. The molecule has 3 amide bonds. The van der Waals surface area contributed by atoms with E-state index in [1.54, 1.807) is 4.90 Å². The summed E-state index contributed by atoms with van der Waals surface area (Å²) >= 11 is 0. The number of carbonyl (C=O) groups excluding carboxylic acids is 3. The van der Waals surface area contributed by atoms with Crippen molar-refractivity contribution in [2.24, 2.45) is 5.92 Å². The van der Waals surface area contributed by atoms with E-state index in [0.29, 0.717) is 18.5 Å². The van der Waals surface area contributed by atoms with Crippen LogP contribution < -0.4 is 5.32 Å². The van der Waals surface area contributed by atoms with Gasteiger partial charge in [-0.25, -0.2) is 0 Å². The van der Waals surface area contributed by atoms with Crippen molar-refractivity contribution in [3.63, 3.8) is 0 Å². The molecule has 1 aromatic heterocycles. The first-order chi connectivity index (χ1) is 16.5. The number of hydrogen-bond donors (Lipinski definition) is 1. The summed E-state index contributed by atoms with van der Waals surface area (Å²) in [6.07, 6.45) is 9.27. The van der Waals surface area contributed by atoms with Crippen molar-refractivity contribution < 1.29 is 14.4 Å². The number of amides is 3. The van der Waals surface area contributed by atoms with Crippen molar-refractivity contribution in [2.45, 2.75) is 64.1 Å². The highest BCUT2D eigenvalue weighted by atomic mass is 16.2. The van der Waals surface area contributed by atoms with Gasteiger partial charge in [0.1, 0.15) is 6.04 Å². The fourth-order valence-electron chi connectivity index (χ4n) is 5.65. The maximum atomic E-state index is 12.9. The van der Waals surface area contributed by atoms with Crippen molar-refractivity contribution in [3.8, 4) is 11.3 Å². The Hall–Kier alpha value is -3.06. The Bertz CT molecular complexity index is 1110. The number of rotatable bonds is 6. The number of fused-ring (bicyclic) bond motifs is 1. The summed E-state index contributed by atoms with van der Waals surface area (Å²) in [7, 11) is 2.19. The van der Waals surface area contributed by atoms with Gasteiger partial charge in [-0.1, -0.05) is 25.3 Å². The van der Waals surface area contributed by atoms with Crippen LogP contribution >= 0.6 is 0 Å². The van der Waals surface area contributed by atoms with Crippen LogP contribution in [0.2, 0.25) is 0 Å². The standard InChI is InChI=1S/C27H32N4O3/c1-30(15-18-5-3-2-4-6-18)16-19-11-12-28-23(13-19)20-7-8-22-21(14-20)17-31(27(22)34)24-9-10-25(32)29-26(24)33/h7-8,11-14,18,24H,2-6,9-10,15-17H2,1H3,(H,29,32,33). The Morgan fingerprint density at radius 1 is 1.06 bits per heavy atom. The average Bonchev–Trinajstić information content (AvgIpc) is 3.15. The van der Waals surface area contributed by atoms with Crippen molar-refractivity contribution in [1.29, 1.82) is 0 Å². The summed E-state index contributed by atoms with van der Waals surface area (Å²) in [5.41, 5.74) is 4.60. The first kappa shape index (κ1) is 22.7. The molecule has 0 bridgehead atoms. The molecule has 1 N–H and O–H groups in total. The van der Waals surface area contributed by atoms with E-state index in [4.69, 9.17) is 0 Å². The Morgan fingerprint density at radius 2 is 1.88 bits per heavy atom. The van der Waals surface area contributed by atoms with Crippen LogP contribution in [0, 0.1) is 5.92 Å². The fourth-order valence-corrected chi connectivity index (χ4v) is 5.65. The van der Waals surface area contributed by atoms with Crippen LogP contribution in [0.25, 0.3) is 11.3 Å². The molecule has 1 atom stereocenters. The second kappa shape index (κ2) is 9.66. The molecule has 1 saturated heterocycles. The van der Waals surface area contributed by atoms with Crippen molar-refractivity contribution in [2.75, 3.05) is 13.6 Å². The second-order valence-electron chi connectivity index (χ2n) is 10.0. The number of piperidine rings is 1. The number of nitrogens with one attached hydrogen (secondary N) is 1. The molecule has 1 aliphatic carbocycles. The monoisotopic (exact) mass is 460 g/mol. The zero-order chi connectivity index (χ0) is 23.7. The van der Waals surface area contributed by atoms with Crippen LogP contribution in [0.4, 0.5) is 0 Å². The first-order valence-electron chi connectivity index (χ1n) is 12.4. The molecular weight excluding hydrogens is 428 g/mol. The van der Waals surface area contributed by atoms with Gasteiger partial charge in [0.2, 0.25) is 11.8 Å². The van der Waals surface area contributed by atoms with Gasteiger partial charge in [-0.15, -0.1) is 0 Å². The lowest BCUT2D eigenvalue weighted by Crippen LogP contribution is -2.52. The highest BCUT2D eigenvalue weighted by Crippen LogP contribution is 2.31. The van der Waals surface area contributed by atoms with E-state index in [0.717, 1.165) is 35.8 Å². The second-order valence-corrected chi connectivity index (χ2v) is 10.0. The molecule has 0 radical (unpaired) electrons. The van der Waals surface area contributed by atoms with Crippen LogP contribution in [0.5, 0.6) is 0 Å². The molecule has 178 valence electrons. The lowest BCUT2D eigenvalue weighted by molar-refractivity contribution is -0.136. The molecule has 1 aromatic carbocycles. The van der Waals surface area contributed by atoms with Gasteiger partial charge in [-0.2, -0.15) is 0 Å². The summed E-state index contributed by atoms with van der Waals surface area (Å²) in [5, 5.41) is 2.35. The number of pyridine rings is 1. The zero-order valence-corrected chi connectivity index (χ0v) is 19.8. The van der Waals surface area contributed by atoms with E-state index < -0.39 is 6.04 Å². The molecule has 5 rings (SSSR count). The minimum atomic E-state index is -0.595. The van der Waals surface area contributed by atoms with Gasteiger partial charge in [0.15, 0.2) is 0 Å². The van der Waals surface area contributed by atoms with Gasteiger partial charge in [-0.05, 0) is 67.6 Å². The topological polar surface area (TPSA) is 82.6 Å². The summed E-state index contributed by atoms with van der Waals surface area (Å²) in [6, 6.07) is 9.39. The lowest BCUT2D eigenvalue weighted by Gasteiger charge is -2.29. The van der Waals surface area contributed by atoms with Crippen molar-refractivity contribution in [1.82, 2.24) is 20.1 Å². The molecule has 1 unspecified atom stereocenters. The number of imide groups is 1. The highest BCUT2D eigenvalue weighted by molar-refractivity contribution is 6.05. The van der Waals surface area contributed by atoms with E-state index >= 15 is 0 Å². The summed E-state index contributed by atoms with van der Waals surface area (Å²) < 4.78 is 0. The Morgan fingerprint density at radius 3 is 2.68 bits per heavy atom. The lowest BCUT2D eigenvalue weighted by atomic mass is 9.89. The largest absolute Gasteiger partial charge is 0.322 e. The molecule has 2 fully saturated rings. The van der Waals surface area contributed by atoms with Crippen LogP contribution in [-0.4, -0.2) is 52.1 Å². The summed E-state index contributed by atoms with van der Waals surface area (Å²) in [4.78, 5) is 45.3. The van der Waals surface area contributed by atoms with Gasteiger partial charge in [0.05, 0.1) is 5.69 Å². The number of nitrogens with zero attached hydrogens (tertiary/aromatic N) is 3. The van der Waals surface area contributed by atoms with Gasteiger partial charge in [-0.3, -0.25) is 24.7 Å². The minimum Gasteiger partial charge on any atom is -0.322 e. The van der Waals surface area contributed by atoms with Gasteiger partial charge >= 0.3 is 0 Å². The molecular formula is C27H32N4O3. The van der Waals surface area contributed by atoms with Gasteiger partial charge < -0.3 is 9.80 Å². The zero-order valence-electron chi connectivity index (χ0n) is 19.8. The van der Waals surface area contributed by atoms with E-state index in [9.17, 15) is 14.4 Å². The Kier molecular flexibility index (Phi) is 6.46. The maximum Gasteiger partial charge on any atom is 0.255 e. The number of carbonyl (C=O) groups is 3. The van der Waals surface area contributed by atoms with E-state index in [1.807, 2.05) is 24.4 Å². The van der Waals surface area contributed by atoms with E-state index in [1.165, 1.54) is 37.7 Å². The third kappa shape index (κ3) is 4.75. The van der Waals surface area contributed by atoms with Crippen LogP contribution in [-0.2, 0) is 22.7 Å². The molecule has 3 aliphatic rings. The molecule has 34 heavy (non-hydrogen) atoms. The summed E-state index contributed by atoms with van der Waals surface area (Å²) in [5.74, 6) is -0.00361. The quantitative estimate of drug-likeness (QED) is 0.667. The van der Waals surface area contributed by atoms with E-state index in [2.05, 4.69) is 34.4 Å². The van der Waals surface area contributed by atoms with Crippen molar-refractivity contribution in [3.05, 3.63) is 53.2 Å². The number of benzene rings is 1. The molecule has 0 spiro atoms. The predicted octanol–water partition coefficient (Wildman–Crippen LogP) is 3.52. The molecule has 2 aromatic rings. The molecule has 7 nitrogen and oxygen atoms in total. The van der Waals surface area contributed by atoms with Gasteiger partial charge in [0, 0.05) is 43.4 Å². The number of aromatic nitrogens is 1. The molecule has 3 heterocycles. The normalized spacial score (nSPS) is 21.2. The molecule has 7 heteroatoms. The van der Waals surface area contributed by atoms with E-state index in [-0.39, 0.29) is 24.1 Å².